The molecule has 0 amide bonds. The fourth-order valence-electron chi connectivity index (χ4n) is 4.45. The number of hydrogen-bond acceptors (Lipinski definition) is 5. The zero-order chi connectivity index (χ0) is 13.3. The van der Waals surface area contributed by atoms with E-state index in [9.17, 15) is 4.79 Å². The molecule has 2 bridgehead atoms. The van der Waals surface area contributed by atoms with Crippen molar-refractivity contribution in [3.63, 3.8) is 0 Å². The van der Waals surface area contributed by atoms with Crippen molar-refractivity contribution in [1.29, 1.82) is 0 Å². The van der Waals surface area contributed by atoms with E-state index in [2.05, 4.69) is 6.92 Å². The van der Waals surface area contributed by atoms with Gasteiger partial charge in [-0.2, -0.15) is 0 Å². The Morgan fingerprint density at radius 1 is 1.21 bits per heavy atom. The maximum absolute atomic E-state index is 11.8. The molecule has 0 aromatic carbocycles. The summed E-state index contributed by atoms with van der Waals surface area (Å²) in [5.74, 6) is 0.0861. The molecular weight excluding hydrogens is 248 g/mol. The summed E-state index contributed by atoms with van der Waals surface area (Å²) in [7, 11) is 0. The number of fused-ring (bicyclic) bond motifs is 2. The predicted molar refractivity (Wildman–Crippen MR) is 63.5 cm³/mol. The van der Waals surface area contributed by atoms with Crippen molar-refractivity contribution >= 4 is 5.97 Å². The van der Waals surface area contributed by atoms with Gasteiger partial charge in [0.15, 0.2) is 5.60 Å². The molecule has 1 saturated carbocycles. The fourth-order valence-corrected chi connectivity index (χ4v) is 4.45. The molecule has 5 nitrogen and oxygen atoms in total. The number of hydrogen-bond donors (Lipinski definition) is 0. The molecule has 5 aliphatic rings. The van der Waals surface area contributed by atoms with E-state index in [0.29, 0.717) is 18.3 Å². The van der Waals surface area contributed by atoms with Gasteiger partial charge in [0.2, 0.25) is 12.1 Å². The first-order chi connectivity index (χ1) is 9.03. The molecule has 5 heteroatoms. The van der Waals surface area contributed by atoms with E-state index >= 15 is 0 Å². The highest BCUT2D eigenvalue weighted by Crippen LogP contribution is 2.58. The second kappa shape index (κ2) is 3.71. The zero-order valence-electron chi connectivity index (χ0n) is 11.4. The molecule has 0 radical (unpaired) electrons. The third kappa shape index (κ3) is 1.49. The lowest BCUT2D eigenvalue weighted by Crippen LogP contribution is -2.67. The van der Waals surface area contributed by atoms with Gasteiger partial charge in [0, 0.05) is 18.3 Å². The van der Waals surface area contributed by atoms with E-state index in [4.69, 9.17) is 19.2 Å². The van der Waals surface area contributed by atoms with Gasteiger partial charge in [0.25, 0.3) is 0 Å². The first-order valence-electron chi connectivity index (χ1n) is 7.28. The van der Waals surface area contributed by atoms with Gasteiger partial charge in [0.1, 0.15) is 0 Å². The highest BCUT2D eigenvalue weighted by Gasteiger charge is 2.68. The Labute approximate surface area is 112 Å². The van der Waals surface area contributed by atoms with E-state index in [-0.39, 0.29) is 11.9 Å². The maximum Gasteiger partial charge on any atom is 0.308 e. The third-order valence-electron chi connectivity index (χ3n) is 5.52. The molecule has 19 heavy (non-hydrogen) atoms. The summed E-state index contributed by atoms with van der Waals surface area (Å²) in [6.07, 6.45) is 3.72. The number of carbonyl (C=O) groups excluding carboxylic acids is 1. The molecule has 6 atom stereocenters. The van der Waals surface area contributed by atoms with Crippen molar-refractivity contribution in [3.8, 4) is 0 Å². The Morgan fingerprint density at radius 2 is 2.05 bits per heavy atom. The molecule has 4 heterocycles. The molecule has 1 aliphatic carbocycles. The van der Waals surface area contributed by atoms with Crippen LogP contribution in [0, 0.1) is 17.8 Å². The molecule has 5 fully saturated rings. The predicted octanol–water partition coefficient (Wildman–Crippen LogP) is 2.15. The topological polar surface area (TPSA) is 54.0 Å². The fraction of sp³-hybridized carbons (Fsp3) is 0.929. The van der Waals surface area contributed by atoms with Crippen LogP contribution in [0.4, 0.5) is 0 Å². The Bertz CT molecular complexity index is 420. The van der Waals surface area contributed by atoms with E-state index in [1.165, 1.54) is 0 Å². The van der Waals surface area contributed by atoms with Crippen molar-refractivity contribution in [2.24, 2.45) is 17.8 Å². The lowest BCUT2D eigenvalue weighted by molar-refractivity contribution is -0.557. The summed E-state index contributed by atoms with van der Waals surface area (Å²) in [6.45, 7) is 4.12. The van der Waals surface area contributed by atoms with Crippen LogP contribution in [0.2, 0.25) is 0 Å². The number of carbonyl (C=O) groups is 1. The van der Waals surface area contributed by atoms with E-state index < -0.39 is 17.7 Å². The van der Waals surface area contributed by atoms with Gasteiger partial charge in [-0.25, -0.2) is 9.78 Å². The quantitative estimate of drug-likeness (QED) is 0.497. The second-order valence-electron chi connectivity index (χ2n) is 6.69. The lowest BCUT2D eigenvalue weighted by atomic mass is 9.60. The van der Waals surface area contributed by atoms with Gasteiger partial charge in [0.05, 0.1) is 6.42 Å². The number of rotatable bonds is 0. The Morgan fingerprint density at radius 3 is 2.89 bits per heavy atom. The maximum atomic E-state index is 11.8. The van der Waals surface area contributed by atoms with E-state index in [0.717, 1.165) is 25.7 Å². The van der Waals surface area contributed by atoms with Crippen LogP contribution in [-0.2, 0) is 24.0 Å². The minimum atomic E-state index is -0.783. The molecule has 0 unspecified atom stereocenters. The molecular formula is C14H20O5. The summed E-state index contributed by atoms with van der Waals surface area (Å²) in [5, 5.41) is 0. The molecule has 4 aliphatic heterocycles. The number of ether oxygens (including phenoxy) is 2. The normalized spacial score (nSPS) is 56.2. The summed E-state index contributed by atoms with van der Waals surface area (Å²) in [4.78, 5) is 23.2. The van der Waals surface area contributed by atoms with Crippen LogP contribution in [0.5, 0.6) is 0 Å². The van der Waals surface area contributed by atoms with Crippen LogP contribution in [-0.4, -0.2) is 23.6 Å². The largest absolute Gasteiger partial charge is 0.432 e. The van der Waals surface area contributed by atoms with Crippen LogP contribution < -0.4 is 0 Å². The Balaban J connectivity index is 1.82. The smallest absolute Gasteiger partial charge is 0.308 e. The lowest BCUT2D eigenvalue weighted by Gasteiger charge is -2.56. The van der Waals surface area contributed by atoms with Gasteiger partial charge >= 0.3 is 5.97 Å². The van der Waals surface area contributed by atoms with Crippen molar-refractivity contribution in [2.75, 3.05) is 0 Å². The number of esters is 1. The highest BCUT2D eigenvalue weighted by molar-refractivity contribution is 5.71. The monoisotopic (exact) mass is 268 g/mol. The van der Waals surface area contributed by atoms with Gasteiger partial charge in [-0.3, -0.25) is 4.79 Å². The average Bonchev–Trinajstić information content (AvgIpc) is 2.58. The van der Waals surface area contributed by atoms with Crippen LogP contribution in [0.15, 0.2) is 0 Å². The van der Waals surface area contributed by atoms with Crippen LogP contribution >= 0.6 is 0 Å². The minimum Gasteiger partial charge on any atom is -0.432 e. The molecule has 4 saturated heterocycles. The standard InChI is InChI=1S/C14H20O5/c1-8-3-4-9-7-11(15)16-12-14(9)10(8)5-6-13(2,17-12)18-19-14/h8-10,12H,3-7H2,1-2H3/t8-,9+,10+,12-,13-,14+/m1/s1. The molecule has 0 aromatic rings. The van der Waals surface area contributed by atoms with Crippen LogP contribution in [0.25, 0.3) is 0 Å². The summed E-state index contributed by atoms with van der Waals surface area (Å²) < 4.78 is 11.4. The van der Waals surface area contributed by atoms with E-state index in [1.807, 2.05) is 6.92 Å². The summed E-state index contributed by atoms with van der Waals surface area (Å²) >= 11 is 0. The van der Waals surface area contributed by atoms with Crippen LogP contribution in [0.3, 0.4) is 0 Å². The van der Waals surface area contributed by atoms with Gasteiger partial charge in [-0.15, -0.1) is 0 Å². The average molecular weight is 268 g/mol. The SMILES string of the molecule is C[C@@H]1CC[C@H]2CC(=O)O[C@@H]3O[C@@]4(C)CC[C@@H]1[C@@]23OO4. The molecule has 0 aromatic heterocycles. The van der Waals surface area contributed by atoms with Crippen molar-refractivity contribution in [1.82, 2.24) is 0 Å². The first-order valence-corrected chi connectivity index (χ1v) is 7.28. The summed E-state index contributed by atoms with van der Waals surface area (Å²) in [5.41, 5.74) is -0.582. The van der Waals surface area contributed by atoms with Crippen molar-refractivity contribution in [2.45, 2.75) is 63.6 Å². The van der Waals surface area contributed by atoms with Crippen molar-refractivity contribution in [3.05, 3.63) is 0 Å². The first kappa shape index (κ1) is 12.1. The van der Waals surface area contributed by atoms with Gasteiger partial charge < -0.3 is 9.47 Å². The van der Waals surface area contributed by atoms with Crippen LogP contribution in [0.1, 0.15) is 46.0 Å². The van der Waals surface area contributed by atoms with Gasteiger partial charge in [-0.1, -0.05) is 6.92 Å². The third-order valence-corrected chi connectivity index (χ3v) is 5.52. The zero-order valence-corrected chi connectivity index (χ0v) is 11.4. The van der Waals surface area contributed by atoms with Crippen molar-refractivity contribution < 1.29 is 24.0 Å². The minimum absolute atomic E-state index is 0.155. The second-order valence-corrected chi connectivity index (χ2v) is 6.69. The summed E-state index contributed by atoms with van der Waals surface area (Å²) in [6, 6.07) is 0. The molecule has 106 valence electrons. The van der Waals surface area contributed by atoms with Gasteiger partial charge in [-0.05, 0) is 32.1 Å². The molecule has 0 N–H and O–H groups in total. The molecule has 1 spiro atoms. The molecule has 5 rings (SSSR count). The Kier molecular flexibility index (Phi) is 2.37. The Hall–Kier alpha value is -0.650. The van der Waals surface area contributed by atoms with E-state index in [1.54, 1.807) is 0 Å². The highest BCUT2D eigenvalue weighted by atomic mass is 17.3.